The van der Waals surface area contributed by atoms with Crippen LogP contribution in [0.25, 0.3) is 0 Å². The number of hydrogen-bond acceptors (Lipinski definition) is 3. The SMILES string of the molecule is N#C/C(=C\C1=C(Cl)CCCC1)[S+](=O)([O-])C1CCC(Cl)CC1. The van der Waals surface area contributed by atoms with E-state index in [2.05, 4.69) is 0 Å². The molecule has 3 nitrogen and oxygen atoms in total. The molecule has 0 saturated heterocycles. The maximum absolute atomic E-state index is 12.6. The molecule has 2 rings (SSSR count). The van der Waals surface area contributed by atoms with Crippen molar-refractivity contribution in [1.29, 1.82) is 5.26 Å². The molecule has 0 aromatic heterocycles. The highest BCUT2D eigenvalue weighted by molar-refractivity contribution is 8.02. The zero-order valence-corrected chi connectivity index (χ0v) is 14.1. The molecule has 1 unspecified atom stereocenters. The maximum atomic E-state index is 12.6. The minimum atomic E-state index is -3.57. The van der Waals surface area contributed by atoms with Crippen LogP contribution in [0.2, 0.25) is 0 Å². The second-order valence-electron chi connectivity index (χ2n) is 5.68. The minimum Gasteiger partial charge on any atom is -0.609 e. The summed E-state index contributed by atoms with van der Waals surface area (Å²) in [7, 11) is -3.57. The van der Waals surface area contributed by atoms with E-state index in [1.54, 1.807) is 0 Å². The second-order valence-corrected chi connectivity index (χ2v) is 8.95. The summed E-state index contributed by atoms with van der Waals surface area (Å²) in [4.78, 5) is -0.143. The highest BCUT2D eigenvalue weighted by atomic mass is 35.5. The Morgan fingerprint density at radius 2 is 1.90 bits per heavy atom. The van der Waals surface area contributed by atoms with E-state index in [0.29, 0.717) is 30.7 Å². The number of nitriles is 1. The Bertz CT molecular complexity index is 542. The summed E-state index contributed by atoms with van der Waals surface area (Å²) in [6, 6.07) is 1.87. The van der Waals surface area contributed by atoms with Crippen molar-refractivity contribution in [3.05, 3.63) is 21.6 Å². The number of alkyl halides is 1. The number of rotatable bonds is 3. The van der Waals surface area contributed by atoms with Gasteiger partial charge in [0.15, 0.2) is 6.07 Å². The molecule has 6 heteroatoms. The average Bonchev–Trinajstić information content (AvgIpc) is 2.46. The topological polar surface area (TPSA) is 63.9 Å². The number of nitrogens with zero attached hydrogens (tertiary/aromatic N) is 1. The Balaban J connectivity index is 2.23. The third-order valence-electron chi connectivity index (χ3n) is 4.21. The van der Waals surface area contributed by atoms with Gasteiger partial charge in [0.05, 0.1) is 10.2 Å². The quantitative estimate of drug-likeness (QED) is 0.424. The third kappa shape index (κ3) is 4.10. The Kier molecular flexibility index (Phi) is 5.90. The molecular formula is C15H19Cl2NO2S. The van der Waals surface area contributed by atoms with Gasteiger partial charge in [-0.05, 0) is 56.9 Å². The first-order chi connectivity index (χ1) is 9.95. The summed E-state index contributed by atoms with van der Waals surface area (Å²) in [6.07, 6.45) is 7.44. The van der Waals surface area contributed by atoms with Crippen molar-refractivity contribution < 1.29 is 8.76 Å². The van der Waals surface area contributed by atoms with E-state index in [9.17, 15) is 14.0 Å². The fourth-order valence-electron chi connectivity index (χ4n) is 2.89. The van der Waals surface area contributed by atoms with Crippen LogP contribution in [-0.4, -0.2) is 15.2 Å². The van der Waals surface area contributed by atoms with Crippen LogP contribution < -0.4 is 0 Å². The van der Waals surface area contributed by atoms with Crippen LogP contribution in [0.1, 0.15) is 51.4 Å². The molecule has 0 N–H and O–H groups in total. The van der Waals surface area contributed by atoms with E-state index < -0.39 is 15.5 Å². The molecule has 2 aliphatic carbocycles. The van der Waals surface area contributed by atoms with Crippen LogP contribution in [-0.2, 0) is 14.4 Å². The number of halogens is 2. The van der Waals surface area contributed by atoms with Crippen molar-refractivity contribution in [2.45, 2.75) is 62.0 Å². The summed E-state index contributed by atoms with van der Waals surface area (Å²) >= 11 is 12.2. The predicted octanol–water partition coefficient (Wildman–Crippen LogP) is 4.64. The first-order valence-electron chi connectivity index (χ1n) is 7.32. The molecule has 1 fully saturated rings. The van der Waals surface area contributed by atoms with E-state index in [-0.39, 0.29) is 10.3 Å². The van der Waals surface area contributed by atoms with Gasteiger partial charge in [0.1, 0.15) is 5.25 Å². The standard InChI is InChI=1S/C15H19Cl2NO2S/c16-12-5-7-13(8-6-12)21(19,20)14(10-18)9-11-3-1-2-4-15(11)17/h9,12-13H,1-8H2/b14-9+. The molecular weight excluding hydrogens is 329 g/mol. The number of sulfone groups is 1. The molecule has 0 radical (unpaired) electrons. The molecule has 1 atom stereocenters. The van der Waals surface area contributed by atoms with Crippen molar-refractivity contribution >= 4 is 33.4 Å². The second kappa shape index (κ2) is 7.28. The van der Waals surface area contributed by atoms with Gasteiger partial charge in [-0.25, -0.2) is 0 Å². The van der Waals surface area contributed by atoms with Gasteiger partial charge >= 0.3 is 0 Å². The fraction of sp³-hybridized carbons (Fsp3) is 0.667. The van der Waals surface area contributed by atoms with Gasteiger partial charge in [0.25, 0.3) is 0 Å². The van der Waals surface area contributed by atoms with Crippen molar-refractivity contribution in [1.82, 2.24) is 0 Å². The molecule has 2 aliphatic rings. The number of hydrogen-bond donors (Lipinski definition) is 0. The fourth-order valence-corrected chi connectivity index (χ4v) is 5.11. The molecule has 0 spiro atoms. The molecule has 0 bridgehead atoms. The lowest BCUT2D eigenvalue weighted by molar-refractivity contribution is 0.435. The van der Waals surface area contributed by atoms with Crippen LogP contribution in [0, 0.1) is 11.3 Å². The Morgan fingerprint density at radius 3 is 2.48 bits per heavy atom. The van der Waals surface area contributed by atoms with Crippen molar-refractivity contribution in [3.8, 4) is 6.07 Å². The van der Waals surface area contributed by atoms with Crippen molar-refractivity contribution in [2.24, 2.45) is 0 Å². The molecule has 1 saturated carbocycles. The third-order valence-corrected chi connectivity index (χ3v) is 7.24. The normalized spacial score (nSPS) is 30.7. The maximum Gasteiger partial charge on any atom is 0.232 e. The lowest BCUT2D eigenvalue weighted by Crippen LogP contribution is -2.33. The highest BCUT2D eigenvalue weighted by Gasteiger charge is 2.37. The van der Waals surface area contributed by atoms with Crippen LogP contribution in [0.4, 0.5) is 0 Å². The van der Waals surface area contributed by atoms with Gasteiger partial charge in [-0.15, -0.1) is 15.8 Å². The Hall–Kier alpha value is -0.340. The summed E-state index contributed by atoms with van der Waals surface area (Å²) < 4.78 is 25.2. The summed E-state index contributed by atoms with van der Waals surface area (Å²) in [6.45, 7) is 0. The zero-order chi connectivity index (χ0) is 15.5. The van der Waals surface area contributed by atoms with Crippen molar-refractivity contribution in [3.63, 3.8) is 0 Å². The molecule has 0 aromatic rings. The molecule has 116 valence electrons. The van der Waals surface area contributed by atoms with Crippen LogP contribution in [0.5, 0.6) is 0 Å². The van der Waals surface area contributed by atoms with E-state index in [0.717, 1.165) is 31.3 Å². The Morgan fingerprint density at radius 1 is 1.29 bits per heavy atom. The molecule has 21 heavy (non-hydrogen) atoms. The van der Waals surface area contributed by atoms with E-state index >= 15 is 0 Å². The molecule has 0 aromatic carbocycles. The molecule has 0 heterocycles. The van der Waals surface area contributed by atoms with Crippen LogP contribution in [0.15, 0.2) is 21.6 Å². The van der Waals surface area contributed by atoms with Crippen molar-refractivity contribution in [2.75, 3.05) is 0 Å². The van der Waals surface area contributed by atoms with E-state index in [1.807, 2.05) is 6.07 Å². The van der Waals surface area contributed by atoms with Crippen LogP contribution >= 0.6 is 23.2 Å². The average molecular weight is 348 g/mol. The number of allylic oxidation sites excluding steroid dienone is 4. The first kappa shape index (κ1) is 17.0. The predicted molar refractivity (Wildman–Crippen MR) is 85.8 cm³/mol. The van der Waals surface area contributed by atoms with E-state index in [4.69, 9.17) is 23.2 Å². The first-order valence-corrected chi connectivity index (χ1v) is 9.68. The lowest BCUT2D eigenvalue weighted by atomic mass is 9.99. The highest BCUT2D eigenvalue weighted by Crippen LogP contribution is 2.35. The molecule has 0 amide bonds. The van der Waals surface area contributed by atoms with Gasteiger partial charge in [-0.2, -0.15) is 5.26 Å². The van der Waals surface area contributed by atoms with Gasteiger partial charge in [0.2, 0.25) is 4.91 Å². The summed E-state index contributed by atoms with van der Waals surface area (Å²) in [5.74, 6) is 0. The zero-order valence-electron chi connectivity index (χ0n) is 11.8. The summed E-state index contributed by atoms with van der Waals surface area (Å²) in [5, 5.41) is 9.53. The summed E-state index contributed by atoms with van der Waals surface area (Å²) in [5.41, 5.74) is 0.800. The van der Waals surface area contributed by atoms with Gasteiger partial charge < -0.3 is 4.55 Å². The smallest absolute Gasteiger partial charge is 0.232 e. The molecule has 0 aliphatic heterocycles. The van der Waals surface area contributed by atoms with Crippen LogP contribution in [0.3, 0.4) is 0 Å². The largest absolute Gasteiger partial charge is 0.609 e. The van der Waals surface area contributed by atoms with Gasteiger partial charge in [-0.3, -0.25) is 0 Å². The lowest BCUT2D eigenvalue weighted by Gasteiger charge is -2.29. The monoisotopic (exact) mass is 347 g/mol. The van der Waals surface area contributed by atoms with Gasteiger partial charge in [0, 0.05) is 16.5 Å². The van der Waals surface area contributed by atoms with E-state index in [1.165, 1.54) is 6.08 Å². The Labute approximate surface area is 137 Å². The van der Waals surface area contributed by atoms with Gasteiger partial charge in [-0.1, -0.05) is 11.6 Å². The minimum absolute atomic E-state index is 0.0569.